The largest absolute Gasteiger partial charge is 0.478 e. The number of carboxylic acid groups (broad SMARTS) is 1. The molecule has 1 N–H and O–H groups in total. The summed E-state index contributed by atoms with van der Waals surface area (Å²) in [6, 6.07) is 0. The lowest BCUT2D eigenvalue weighted by atomic mass is 9.86. The molecular weight excluding hydrogens is 180 g/mol. The first-order valence-electron chi connectivity index (χ1n) is 5.34. The van der Waals surface area contributed by atoms with Gasteiger partial charge in [0.25, 0.3) is 0 Å². The molecule has 0 aromatic heterocycles. The number of carboxylic acids is 1. The zero-order valence-electron chi connectivity index (χ0n) is 8.19. The smallest absolute Gasteiger partial charge is 0.328 e. The molecule has 3 heteroatoms. The maximum Gasteiger partial charge on any atom is 0.328 e. The van der Waals surface area contributed by atoms with Crippen LogP contribution < -0.4 is 0 Å². The summed E-state index contributed by atoms with van der Waals surface area (Å²) >= 11 is 0. The monoisotopic (exact) mass is 196 g/mol. The van der Waals surface area contributed by atoms with Gasteiger partial charge in [-0.2, -0.15) is 0 Å². The van der Waals surface area contributed by atoms with Gasteiger partial charge in [0.05, 0.1) is 6.10 Å². The molecule has 0 radical (unpaired) electrons. The number of hydrogen-bond acceptors (Lipinski definition) is 2. The molecule has 0 bridgehead atoms. The van der Waals surface area contributed by atoms with E-state index in [4.69, 9.17) is 9.84 Å². The molecule has 1 saturated carbocycles. The lowest BCUT2D eigenvalue weighted by Gasteiger charge is -2.19. The van der Waals surface area contributed by atoms with Crippen molar-refractivity contribution in [1.29, 1.82) is 0 Å². The number of epoxide rings is 1. The molecular formula is C11H16O3. The fraction of sp³-hybridized carbons (Fsp3) is 0.727. The summed E-state index contributed by atoms with van der Waals surface area (Å²) in [4.78, 5) is 10.3. The van der Waals surface area contributed by atoms with Gasteiger partial charge in [0, 0.05) is 6.08 Å². The Morgan fingerprint density at radius 1 is 1.29 bits per heavy atom. The van der Waals surface area contributed by atoms with Crippen LogP contribution in [0.2, 0.25) is 0 Å². The van der Waals surface area contributed by atoms with E-state index in [1.165, 1.54) is 38.2 Å². The quantitative estimate of drug-likeness (QED) is 0.554. The Kier molecular flexibility index (Phi) is 2.87. The molecule has 1 heterocycles. The summed E-state index contributed by atoms with van der Waals surface area (Å²) in [6.45, 7) is 0. The molecule has 0 aromatic rings. The third-order valence-corrected chi connectivity index (χ3v) is 3.10. The van der Waals surface area contributed by atoms with Crippen molar-refractivity contribution < 1.29 is 14.6 Å². The lowest BCUT2D eigenvalue weighted by Crippen LogP contribution is -2.14. The van der Waals surface area contributed by atoms with Crippen LogP contribution >= 0.6 is 0 Å². The molecule has 14 heavy (non-hydrogen) atoms. The summed E-state index contributed by atoms with van der Waals surface area (Å²) in [5.74, 6) is -0.213. The highest BCUT2D eigenvalue weighted by atomic mass is 16.6. The van der Waals surface area contributed by atoms with E-state index in [1.807, 2.05) is 0 Å². The predicted molar refractivity (Wildman–Crippen MR) is 52.0 cm³/mol. The van der Waals surface area contributed by atoms with Gasteiger partial charge >= 0.3 is 5.97 Å². The highest BCUT2D eigenvalue weighted by Crippen LogP contribution is 2.38. The zero-order valence-corrected chi connectivity index (χ0v) is 8.19. The molecule has 2 rings (SSSR count). The van der Waals surface area contributed by atoms with E-state index in [9.17, 15) is 4.79 Å². The SMILES string of the molecule is O=C(O)/C=C/[C@@H]1O[C@H]1C1CCCCC1. The Balaban J connectivity index is 1.77. The second-order valence-corrected chi connectivity index (χ2v) is 4.16. The van der Waals surface area contributed by atoms with Gasteiger partial charge in [0.2, 0.25) is 0 Å². The van der Waals surface area contributed by atoms with Crippen molar-refractivity contribution >= 4 is 5.97 Å². The van der Waals surface area contributed by atoms with Gasteiger partial charge in [-0.1, -0.05) is 19.3 Å². The normalized spacial score (nSPS) is 33.4. The molecule has 0 amide bonds. The van der Waals surface area contributed by atoms with Crippen LogP contribution in [-0.4, -0.2) is 23.3 Å². The van der Waals surface area contributed by atoms with Crippen LogP contribution in [0.25, 0.3) is 0 Å². The fourth-order valence-electron chi connectivity index (χ4n) is 2.31. The van der Waals surface area contributed by atoms with Crippen LogP contribution in [-0.2, 0) is 9.53 Å². The van der Waals surface area contributed by atoms with Crippen LogP contribution in [0, 0.1) is 5.92 Å². The number of ether oxygens (including phenoxy) is 1. The average molecular weight is 196 g/mol. The van der Waals surface area contributed by atoms with E-state index in [0.29, 0.717) is 12.0 Å². The number of aliphatic carboxylic acids is 1. The van der Waals surface area contributed by atoms with Crippen molar-refractivity contribution in [3.63, 3.8) is 0 Å². The Labute approximate surface area is 83.8 Å². The van der Waals surface area contributed by atoms with E-state index in [2.05, 4.69) is 0 Å². The molecule has 1 aliphatic carbocycles. The van der Waals surface area contributed by atoms with E-state index >= 15 is 0 Å². The van der Waals surface area contributed by atoms with Crippen molar-refractivity contribution in [3.05, 3.63) is 12.2 Å². The molecule has 0 unspecified atom stereocenters. The van der Waals surface area contributed by atoms with Crippen molar-refractivity contribution in [2.45, 2.75) is 44.3 Å². The van der Waals surface area contributed by atoms with Crippen LogP contribution in [0.4, 0.5) is 0 Å². The van der Waals surface area contributed by atoms with Gasteiger partial charge in [-0.15, -0.1) is 0 Å². The summed E-state index contributed by atoms with van der Waals surface area (Å²) in [6.07, 6.45) is 9.71. The Bertz CT molecular complexity index is 241. The Morgan fingerprint density at radius 3 is 2.64 bits per heavy atom. The molecule has 0 aromatic carbocycles. The Morgan fingerprint density at radius 2 is 2.00 bits per heavy atom. The number of carbonyl (C=O) groups is 1. The molecule has 3 nitrogen and oxygen atoms in total. The molecule has 2 fully saturated rings. The fourth-order valence-corrected chi connectivity index (χ4v) is 2.31. The molecule has 1 saturated heterocycles. The third kappa shape index (κ3) is 2.35. The first kappa shape index (κ1) is 9.71. The maximum atomic E-state index is 10.3. The minimum Gasteiger partial charge on any atom is -0.478 e. The summed E-state index contributed by atoms with van der Waals surface area (Å²) in [7, 11) is 0. The van der Waals surface area contributed by atoms with E-state index in [-0.39, 0.29) is 6.10 Å². The third-order valence-electron chi connectivity index (χ3n) is 3.10. The van der Waals surface area contributed by atoms with Crippen LogP contribution in [0.15, 0.2) is 12.2 Å². The Hall–Kier alpha value is -0.830. The highest BCUT2D eigenvalue weighted by molar-refractivity contribution is 5.79. The summed E-state index contributed by atoms with van der Waals surface area (Å²) in [5, 5.41) is 8.44. The summed E-state index contributed by atoms with van der Waals surface area (Å²) in [5.41, 5.74) is 0. The van der Waals surface area contributed by atoms with Gasteiger partial charge in [0.1, 0.15) is 6.10 Å². The van der Waals surface area contributed by atoms with Crippen molar-refractivity contribution in [1.82, 2.24) is 0 Å². The van der Waals surface area contributed by atoms with Gasteiger partial charge in [-0.3, -0.25) is 0 Å². The number of rotatable bonds is 3. The minimum atomic E-state index is -0.886. The molecule has 0 spiro atoms. The minimum absolute atomic E-state index is 0.0780. The van der Waals surface area contributed by atoms with Crippen LogP contribution in [0.1, 0.15) is 32.1 Å². The standard InChI is InChI=1S/C11H16O3/c12-10(13)7-6-9-11(14-9)8-4-2-1-3-5-8/h6-9,11H,1-5H2,(H,12,13)/b7-6+/t9-,11-/m0/s1. The molecule has 78 valence electrons. The zero-order chi connectivity index (χ0) is 9.97. The van der Waals surface area contributed by atoms with E-state index < -0.39 is 5.97 Å². The summed E-state index contributed by atoms with van der Waals surface area (Å²) < 4.78 is 5.46. The topological polar surface area (TPSA) is 49.8 Å². The molecule has 2 aliphatic rings. The van der Waals surface area contributed by atoms with Crippen LogP contribution in [0.5, 0.6) is 0 Å². The second-order valence-electron chi connectivity index (χ2n) is 4.16. The van der Waals surface area contributed by atoms with E-state index in [0.717, 1.165) is 0 Å². The van der Waals surface area contributed by atoms with Crippen molar-refractivity contribution in [2.75, 3.05) is 0 Å². The number of hydrogen-bond donors (Lipinski definition) is 1. The maximum absolute atomic E-state index is 10.3. The predicted octanol–water partition coefficient (Wildman–Crippen LogP) is 1.97. The van der Waals surface area contributed by atoms with Gasteiger partial charge < -0.3 is 9.84 Å². The first-order valence-corrected chi connectivity index (χ1v) is 5.34. The van der Waals surface area contributed by atoms with Crippen LogP contribution in [0.3, 0.4) is 0 Å². The van der Waals surface area contributed by atoms with Gasteiger partial charge in [-0.05, 0) is 24.8 Å². The first-order chi connectivity index (χ1) is 6.77. The second kappa shape index (κ2) is 4.13. The van der Waals surface area contributed by atoms with Gasteiger partial charge in [0.15, 0.2) is 0 Å². The van der Waals surface area contributed by atoms with Crippen molar-refractivity contribution in [3.8, 4) is 0 Å². The van der Waals surface area contributed by atoms with Gasteiger partial charge in [-0.25, -0.2) is 4.79 Å². The highest BCUT2D eigenvalue weighted by Gasteiger charge is 2.42. The molecule has 2 atom stereocenters. The average Bonchev–Trinajstić information content (AvgIpc) is 2.95. The lowest BCUT2D eigenvalue weighted by molar-refractivity contribution is -0.131. The van der Waals surface area contributed by atoms with E-state index in [1.54, 1.807) is 6.08 Å². The molecule has 1 aliphatic heterocycles. The van der Waals surface area contributed by atoms with Crippen molar-refractivity contribution in [2.24, 2.45) is 5.92 Å².